The molecule has 1 saturated carbocycles. The van der Waals surface area contributed by atoms with E-state index in [-0.39, 0.29) is 10.4 Å². The Bertz CT molecular complexity index is 491. The number of H-pyrrole nitrogens is 1. The van der Waals surface area contributed by atoms with Gasteiger partial charge in [-0.25, -0.2) is 4.98 Å². The van der Waals surface area contributed by atoms with Crippen molar-refractivity contribution >= 4 is 28.0 Å². The molecule has 0 amide bonds. The first-order valence-corrected chi connectivity index (χ1v) is 7.08. The van der Waals surface area contributed by atoms with Crippen molar-refractivity contribution in [2.75, 3.05) is 5.32 Å². The second-order valence-electron chi connectivity index (χ2n) is 4.60. The number of halogens is 1. The zero-order valence-electron chi connectivity index (χ0n) is 10.3. The third-order valence-electron chi connectivity index (χ3n) is 3.19. The lowest BCUT2D eigenvalue weighted by molar-refractivity contribution is 0.745. The summed E-state index contributed by atoms with van der Waals surface area (Å²) < 4.78 is 0. The van der Waals surface area contributed by atoms with Gasteiger partial charge in [0.1, 0.15) is 11.6 Å². The van der Waals surface area contributed by atoms with Crippen molar-refractivity contribution in [3.05, 3.63) is 21.7 Å². The van der Waals surface area contributed by atoms with Gasteiger partial charge in [0.25, 0.3) is 5.56 Å². The maximum atomic E-state index is 11.9. The van der Waals surface area contributed by atoms with E-state index in [9.17, 15) is 4.79 Å². The van der Waals surface area contributed by atoms with Crippen LogP contribution in [0.4, 0.5) is 5.82 Å². The summed E-state index contributed by atoms with van der Waals surface area (Å²) in [7, 11) is 0. The summed E-state index contributed by atoms with van der Waals surface area (Å²) in [5.41, 5.74) is 0.0422. The average Bonchev–Trinajstić information content (AvgIpc) is 2.81. The van der Waals surface area contributed by atoms with E-state index in [0.29, 0.717) is 23.2 Å². The van der Waals surface area contributed by atoms with Crippen LogP contribution < -0.4 is 10.9 Å². The molecule has 6 heteroatoms. The molecule has 1 aliphatic carbocycles. The third-order valence-corrected chi connectivity index (χ3v) is 3.62. The molecule has 0 spiro atoms. The lowest BCUT2D eigenvalue weighted by Gasteiger charge is -2.15. The molecular weight excluding hydrogens is 296 g/mol. The Morgan fingerprint density at radius 3 is 2.78 bits per heavy atom. The van der Waals surface area contributed by atoms with E-state index in [1.54, 1.807) is 0 Å². The molecular formula is C12H17BrN4O. The summed E-state index contributed by atoms with van der Waals surface area (Å²) in [6.45, 7) is 1.90. The molecule has 1 unspecified atom stereocenters. The number of aromatic nitrogens is 2. The van der Waals surface area contributed by atoms with Crippen LogP contribution in [0.25, 0.3) is 0 Å². The highest BCUT2D eigenvalue weighted by Crippen LogP contribution is 2.23. The number of hydrogen-bond donors (Lipinski definition) is 3. The fourth-order valence-electron chi connectivity index (χ4n) is 2.20. The van der Waals surface area contributed by atoms with Crippen LogP contribution in [-0.2, 0) is 0 Å². The molecule has 18 heavy (non-hydrogen) atoms. The maximum absolute atomic E-state index is 11.9. The number of nitrogens with zero attached hydrogens (tertiary/aromatic N) is 1. The minimum Gasteiger partial charge on any atom is -0.367 e. The molecule has 2 rings (SSSR count). The molecule has 0 aromatic carbocycles. The van der Waals surface area contributed by atoms with Crippen LogP contribution >= 0.6 is 15.9 Å². The topological polar surface area (TPSA) is 81.6 Å². The predicted octanol–water partition coefficient (Wildman–Crippen LogP) is 2.58. The van der Waals surface area contributed by atoms with E-state index in [2.05, 4.69) is 31.2 Å². The van der Waals surface area contributed by atoms with Gasteiger partial charge in [-0.05, 0) is 19.8 Å². The highest BCUT2D eigenvalue weighted by Gasteiger charge is 2.18. The molecule has 0 radical (unpaired) electrons. The largest absolute Gasteiger partial charge is 0.367 e. The SMILES string of the molecule is CC(Br)c1nc(NC2CCCC2)c(C=N)c(=O)[nH]1. The van der Waals surface area contributed by atoms with Crippen molar-refractivity contribution in [3.8, 4) is 0 Å². The summed E-state index contributed by atoms with van der Waals surface area (Å²) in [5.74, 6) is 1.12. The van der Waals surface area contributed by atoms with Gasteiger partial charge in [0, 0.05) is 12.3 Å². The van der Waals surface area contributed by atoms with Crippen molar-refractivity contribution in [3.63, 3.8) is 0 Å². The first-order chi connectivity index (χ1) is 8.61. The number of hydrogen-bond acceptors (Lipinski definition) is 4. The number of nitrogens with one attached hydrogen (secondary N) is 3. The van der Waals surface area contributed by atoms with Crippen LogP contribution in [0.2, 0.25) is 0 Å². The molecule has 1 aromatic heterocycles. The molecule has 1 atom stereocenters. The monoisotopic (exact) mass is 312 g/mol. The summed E-state index contributed by atoms with van der Waals surface area (Å²) in [6.07, 6.45) is 5.69. The molecule has 98 valence electrons. The van der Waals surface area contributed by atoms with Gasteiger partial charge in [-0.1, -0.05) is 28.8 Å². The third kappa shape index (κ3) is 2.80. The zero-order valence-corrected chi connectivity index (χ0v) is 11.9. The highest BCUT2D eigenvalue weighted by molar-refractivity contribution is 9.09. The van der Waals surface area contributed by atoms with Crippen LogP contribution in [0.1, 0.15) is 48.8 Å². The standard InChI is InChI=1S/C12H17BrN4O/c1-7(13)10-16-11(9(6-14)12(18)17-10)15-8-4-2-3-5-8/h6-8,14H,2-5H2,1H3,(H2,15,16,17,18). The lowest BCUT2D eigenvalue weighted by atomic mass is 10.2. The Kier molecular flexibility index (Phi) is 4.16. The minimum absolute atomic E-state index is 0.0193. The maximum Gasteiger partial charge on any atom is 0.261 e. The van der Waals surface area contributed by atoms with Gasteiger partial charge in [0.15, 0.2) is 0 Å². The molecule has 0 saturated heterocycles. The quantitative estimate of drug-likeness (QED) is 0.590. The van der Waals surface area contributed by atoms with Crippen LogP contribution in [0.5, 0.6) is 0 Å². The van der Waals surface area contributed by atoms with Gasteiger partial charge in [0.2, 0.25) is 0 Å². The van der Waals surface area contributed by atoms with Crippen LogP contribution in [-0.4, -0.2) is 22.2 Å². The minimum atomic E-state index is -0.262. The number of alkyl halides is 1. The van der Waals surface area contributed by atoms with Crippen molar-refractivity contribution < 1.29 is 0 Å². The summed E-state index contributed by atoms with van der Waals surface area (Å²) in [5, 5.41) is 10.6. The lowest BCUT2D eigenvalue weighted by Crippen LogP contribution is -2.24. The summed E-state index contributed by atoms with van der Waals surface area (Å²) >= 11 is 3.39. The van der Waals surface area contributed by atoms with Crippen LogP contribution in [0.15, 0.2) is 4.79 Å². The van der Waals surface area contributed by atoms with Crippen molar-refractivity contribution in [1.82, 2.24) is 9.97 Å². The zero-order chi connectivity index (χ0) is 13.1. The van der Waals surface area contributed by atoms with Crippen molar-refractivity contribution in [2.24, 2.45) is 0 Å². The fraction of sp³-hybridized carbons (Fsp3) is 0.583. The second kappa shape index (κ2) is 5.65. The Hall–Kier alpha value is -1.17. The Balaban J connectivity index is 2.35. The molecule has 1 aliphatic rings. The molecule has 3 N–H and O–H groups in total. The second-order valence-corrected chi connectivity index (χ2v) is 5.97. The Morgan fingerprint density at radius 1 is 1.56 bits per heavy atom. The van der Waals surface area contributed by atoms with Gasteiger partial charge < -0.3 is 15.7 Å². The van der Waals surface area contributed by atoms with Gasteiger partial charge in [-0.2, -0.15) is 0 Å². The van der Waals surface area contributed by atoms with Gasteiger partial charge in [-0.3, -0.25) is 4.79 Å². The summed E-state index contributed by atoms with van der Waals surface area (Å²) in [6, 6.07) is 0.372. The molecule has 0 bridgehead atoms. The van der Waals surface area contributed by atoms with E-state index in [4.69, 9.17) is 5.41 Å². The van der Waals surface area contributed by atoms with Gasteiger partial charge >= 0.3 is 0 Å². The first-order valence-electron chi connectivity index (χ1n) is 6.17. The molecule has 1 fully saturated rings. The van der Waals surface area contributed by atoms with Gasteiger partial charge in [0.05, 0.1) is 10.4 Å². The van der Waals surface area contributed by atoms with E-state index in [1.165, 1.54) is 12.8 Å². The number of anilines is 1. The fourth-order valence-corrected chi connectivity index (χ4v) is 2.41. The van der Waals surface area contributed by atoms with E-state index < -0.39 is 0 Å². The van der Waals surface area contributed by atoms with Crippen molar-refractivity contribution in [2.45, 2.75) is 43.5 Å². The Labute approximate surface area is 114 Å². The molecule has 1 heterocycles. The first kappa shape index (κ1) is 13.3. The molecule has 5 nitrogen and oxygen atoms in total. The van der Waals surface area contributed by atoms with E-state index in [1.807, 2.05) is 6.92 Å². The predicted molar refractivity (Wildman–Crippen MR) is 76.0 cm³/mol. The summed E-state index contributed by atoms with van der Waals surface area (Å²) in [4.78, 5) is 18.9. The number of aromatic amines is 1. The average molecular weight is 313 g/mol. The number of rotatable bonds is 4. The van der Waals surface area contributed by atoms with E-state index in [0.717, 1.165) is 19.1 Å². The van der Waals surface area contributed by atoms with Gasteiger partial charge in [-0.15, -0.1) is 0 Å². The van der Waals surface area contributed by atoms with Crippen LogP contribution in [0.3, 0.4) is 0 Å². The Morgan fingerprint density at radius 2 is 2.22 bits per heavy atom. The molecule has 1 aromatic rings. The molecule has 0 aliphatic heterocycles. The van der Waals surface area contributed by atoms with Crippen molar-refractivity contribution in [1.29, 1.82) is 5.41 Å². The normalized spacial score (nSPS) is 17.7. The van der Waals surface area contributed by atoms with Crippen LogP contribution in [0, 0.1) is 5.41 Å². The van der Waals surface area contributed by atoms with E-state index >= 15 is 0 Å². The highest BCUT2D eigenvalue weighted by atomic mass is 79.9. The smallest absolute Gasteiger partial charge is 0.261 e.